The normalized spacial score (nSPS) is 23.2. The summed E-state index contributed by atoms with van der Waals surface area (Å²) in [6.45, 7) is 2.41. The molecule has 0 saturated heterocycles. The Morgan fingerprint density at radius 3 is 3.17 bits per heavy atom. The predicted octanol–water partition coefficient (Wildman–Crippen LogP) is 1.26. The number of hydrogen-bond donors (Lipinski definition) is 2. The van der Waals surface area contributed by atoms with Gasteiger partial charge in [-0.3, -0.25) is 9.48 Å². The molecule has 100 valence electrons. The van der Waals surface area contributed by atoms with Crippen LogP contribution in [0.5, 0.6) is 0 Å². The van der Waals surface area contributed by atoms with E-state index >= 15 is 0 Å². The van der Waals surface area contributed by atoms with Crippen LogP contribution in [-0.4, -0.2) is 32.7 Å². The van der Waals surface area contributed by atoms with Gasteiger partial charge in [-0.25, -0.2) is 0 Å². The molecular formula is C12H20N4OS. The molecule has 1 heterocycles. The van der Waals surface area contributed by atoms with Gasteiger partial charge in [0.25, 0.3) is 0 Å². The van der Waals surface area contributed by atoms with Crippen molar-refractivity contribution in [1.82, 2.24) is 15.1 Å². The van der Waals surface area contributed by atoms with Gasteiger partial charge in [0, 0.05) is 17.5 Å². The summed E-state index contributed by atoms with van der Waals surface area (Å²) >= 11 is 1.94. The van der Waals surface area contributed by atoms with E-state index < -0.39 is 0 Å². The number of hydrogen-bond acceptors (Lipinski definition) is 4. The van der Waals surface area contributed by atoms with E-state index in [0.717, 1.165) is 12.2 Å². The molecule has 1 aliphatic rings. The number of thioether (sulfide) groups is 1. The summed E-state index contributed by atoms with van der Waals surface area (Å²) in [4.78, 5) is 11.9. The van der Waals surface area contributed by atoms with Gasteiger partial charge in [0.2, 0.25) is 5.91 Å². The molecule has 0 bridgehead atoms. The van der Waals surface area contributed by atoms with Crippen LogP contribution in [0.15, 0.2) is 12.3 Å². The average molecular weight is 268 g/mol. The molecule has 2 unspecified atom stereocenters. The van der Waals surface area contributed by atoms with E-state index in [1.165, 1.54) is 12.8 Å². The maximum absolute atomic E-state index is 11.9. The van der Waals surface area contributed by atoms with Gasteiger partial charge in [-0.15, -0.1) is 0 Å². The van der Waals surface area contributed by atoms with E-state index in [4.69, 9.17) is 5.73 Å². The number of amides is 1. The number of carbonyl (C=O) groups is 1. The van der Waals surface area contributed by atoms with Crippen molar-refractivity contribution in [2.45, 2.75) is 44.0 Å². The van der Waals surface area contributed by atoms with Crippen molar-refractivity contribution < 1.29 is 4.79 Å². The lowest BCUT2D eigenvalue weighted by Gasteiger charge is -2.20. The Kier molecular flexibility index (Phi) is 4.52. The molecule has 2 atom stereocenters. The van der Waals surface area contributed by atoms with Crippen molar-refractivity contribution in [3.05, 3.63) is 12.3 Å². The standard InChI is InChI=1S/C12H20N4OS/c1-2-18-10-5-3-4-9(10)14-12(17)8-16-7-6-11(13)15-16/h6-7,9-10H,2-5,8H2,1H3,(H2,13,15)(H,14,17). The zero-order chi connectivity index (χ0) is 13.0. The van der Waals surface area contributed by atoms with Gasteiger partial charge in [-0.05, 0) is 24.7 Å². The van der Waals surface area contributed by atoms with Gasteiger partial charge in [0.05, 0.1) is 0 Å². The van der Waals surface area contributed by atoms with Gasteiger partial charge in [-0.2, -0.15) is 16.9 Å². The van der Waals surface area contributed by atoms with E-state index in [9.17, 15) is 4.79 Å². The predicted molar refractivity (Wildman–Crippen MR) is 74.3 cm³/mol. The summed E-state index contributed by atoms with van der Waals surface area (Å²) in [6.07, 6.45) is 5.22. The van der Waals surface area contributed by atoms with E-state index in [1.807, 2.05) is 11.8 Å². The average Bonchev–Trinajstić information content (AvgIpc) is 2.90. The van der Waals surface area contributed by atoms with Crippen LogP contribution in [0.1, 0.15) is 26.2 Å². The van der Waals surface area contributed by atoms with Crippen molar-refractivity contribution in [3.8, 4) is 0 Å². The summed E-state index contributed by atoms with van der Waals surface area (Å²) in [5.74, 6) is 1.57. The van der Waals surface area contributed by atoms with E-state index in [1.54, 1.807) is 16.9 Å². The first kappa shape index (κ1) is 13.3. The molecule has 1 saturated carbocycles. The molecular weight excluding hydrogens is 248 g/mol. The third-order valence-corrected chi connectivity index (χ3v) is 4.47. The molecule has 1 amide bonds. The quantitative estimate of drug-likeness (QED) is 0.843. The number of nitrogens with two attached hydrogens (primary N) is 1. The molecule has 5 nitrogen and oxygen atoms in total. The second kappa shape index (κ2) is 6.13. The Balaban J connectivity index is 1.83. The minimum atomic E-state index is 0.0201. The molecule has 0 spiro atoms. The molecule has 0 aliphatic heterocycles. The Hall–Kier alpha value is -1.17. The van der Waals surface area contributed by atoms with Crippen molar-refractivity contribution >= 4 is 23.5 Å². The first-order valence-electron chi connectivity index (χ1n) is 6.39. The summed E-state index contributed by atoms with van der Waals surface area (Å²) < 4.78 is 1.57. The van der Waals surface area contributed by atoms with Crippen molar-refractivity contribution in [1.29, 1.82) is 0 Å². The second-order valence-corrected chi connectivity index (χ2v) is 6.05. The number of aromatic nitrogens is 2. The Bertz CT molecular complexity index is 407. The number of rotatable bonds is 5. The minimum absolute atomic E-state index is 0.0201. The summed E-state index contributed by atoms with van der Waals surface area (Å²) in [6, 6.07) is 2.01. The van der Waals surface area contributed by atoms with Gasteiger partial charge in [0.15, 0.2) is 0 Å². The highest BCUT2D eigenvalue weighted by Crippen LogP contribution is 2.29. The molecule has 0 aromatic carbocycles. The van der Waals surface area contributed by atoms with Crippen LogP contribution in [0, 0.1) is 0 Å². The fraction of sp³-hybridized carbons (Fsp3) is 0.667. The van der Waals surface area contributed by atoms with Crippen LogP contribution in [0.3, 0.4) is 0 Å². The molecule has 1 aromatic rings. The Morgan fingerprint density at radius 1 is 1.67 bits per heavy atom. The number of nitrogens with one attached hydrogen (secondary N) is 1. The highest BCUT2D eigenvalue weighted by atomic mass is 32.2. The van der Waals surface area contributed by atoms with E-state index in [0.29, 0.717) is 17.1 Å². The molecule has 1 aromatic heterocycles. The summed E-state index contributed by atoms with van der Waals surface area (Å²) in [5, 5.41) is 7.69. The van der Waals surface area contributed by atoms with Gasteiger partial charge < -0.3 is 11.1 Å². The van der Waals surface area contributed by atoms with Gasteiger partial charge in [0.1, 0.15) is 12.4 Å². The van der Waals surface area contributed by atoms with Crippen LogP contribution in [0.4, 0.5) is 5.82 Å². The molecule has 6 heteroatoms. The fourth-order valence-corrected chi connectivity index (χ4v) is 3.57. The van der Waals surface area contributed by atoms with E-state index in [-0.39, 0.29) is 12.5 Å². The first-order valence-corrected chi connectivity index (χ1v) is 7.44. The third kappa shape index (κ3) is 3.41. The number of nitrogens with zero attached hydrogens (tertiary/aromatic N) is 2. The fourth-order valence-electron chi connectivity index (χ4n) is 2.37. The number of nitrogen functional groups attached to an aromatic ring is 1. The highest BCUT2D eigenvalue weighted by molar-refractivity contribution is 7.99. The summed E-state index contributed by atoms with van der Waals surface area (Å²) in [7, 11) is 0. The van der Waals surface area contributed by atoms with Crippen LogP contribution < -0.4 is 11.1 Å². The van der Waals surface area contributed by atoms with Gasteiger partial charge in [-0.1, -0.05) is 13.3 Å². The largest absolute Gasteiger partial charge is 0.382 e. The lowest BCUT2D eigenvalue weighted by atomic mass is 10.2. The summed E-state index contributed by atoms with van der Waals surface area (Å²) in [5.41, 5.74) is 5.51. The Morgan fingerprint density at radius 2 is 2.50 bits per heavy atom. The first-order chi connectivity index (χ1) is 8.69. The lowest BCUT2D eigenvalue weighted by Crippen LogP contribution is -2.40. The van der Waals surface area contributed by atoms with Crippen LogP contribution in [-0.2, 0) is 11.3 Å². The molecule has 1 fully saturated rings. The molecule has 0 radical (unpaired) electrons. The monoisotopic (exact) mass is 268 g/mol. The van der Waals surface area contributed by atoms with Crippen LogP contribution in [0.2, 0.25) is 0 Å². The highest BCUT2D eigenvalue weighted by Gasteiger charge is 2.28. The second-order valence-electron chi connectivity index (χ2n) is 4.54. The number of carbonyl (C=O) groups excluding carboxylic acids is 1. The Labute approximate surface area is 111 Å². The zero-order valence-corrected chi connectivity index (χ0v) is 11.4. The third-order valence-electron chi connectivity index (χ3n) is 3.15. The molecule has 2 rings (SSSR count). The zero-order valence-electron chi connectivity index (χ0n) is 10.6. The van der Waals surface area contributed by atoms with Crippen molar-refractivity contribution in [2.75, 3.05) is 11.5 Å². The smallest absolute Gasteiger partial charge is 0.241 e. The minimum Gasteiger partial charge on any atom is -0.382 e. The number of anilines is 1. The topological polar surface area (TPSA) is 72.9 Å². The molecule has 3 N–H and O–H groups in total. The van der Waals surface area contributed by atoms with E-state index in [2.05, 4.69) is 17.3 Å². The maximum atomic E-state index is 11.9. The SMILES string of the molecule is CCSC1CCCC1NC(=O)Cn1ccc(N)n1. The van der Waals surface area contributed by atoms with Gasteiger partial charge >= 0.3 is 0 Å². The van der Waals surface area contributed by atoms with Crippen LogP contribution in [0.25, 0.3) is 0 Å². The molecule has 1 aliphatic carbocycles. The van der Waals surface area contributed by atoms with Crippen LogP contribution >= 0.6 is 11.8 Å². The van der Waals surface area contributed by atoms with Crippen molar-refractivity contribution in [2.24, 2.45) is 0 Å². The maximum Gasteiger partial charge on any atom is 0.241 e. The lowest BCUT2D eigenvalue weighted by molar-refractivity contribution is -0.122. The molecule has 18 heavy (non-hydrogen) atoms. The van der Waals surface area contributed by atoms with Crippen molar-refractivity contribution in [3.63, 3.8) is 0 Å².